The van der Waals surface area contributed by atoms with Gasteiger partial charge in [0.25, 0.3) is 0 Å². The van der Waals surface area contributed by atoms with E-state index in [1.165, 1.54) is 0 Å². The van der Waals surface area contributed by atoms with Crippen molar-refractivity contribution in [1.82, 2.24) is 5.32 Å². The molecule has 0 unspecified atom stereocenters. The topological polar surface area (TPSA) is 66.4 Å². The van der Waals surface area contributed by atoms with E-state index in [0.717, 1.165) is 32.1 Å². The molecule has 0 aliphatic heterocycles. The molecule has 0 radical (unpaired) electrons. The molecule has 0 saturated heterocycles. The number of nitrogens with one attached hydrogen (secondary N) is 1. The summed E-state index contributed by atoms with van der Waals surface area (Å²) in [4.78, 5) is 22.6. The largest absolute Gasteiger partial charge is 0.481 e. The number of hydrogen-bond donors (Lipinski definition) is 2. The van der Waals surface area contributed by atoms with Crippen molar-refractivity contribution in [2.75, 3.05) is 0 Å². The molecule has 1 saturated carbocycles. The van der Waals surface area contributed by atoms with Crippen molar-refractivity contribution < 1.29 is 14.7 Å². The molecule has 1 fully saturated rings. The molecule has 1 aliphatic rings. The van der Waals surface area contributed by atoms with E-state index in [1.54, 1.807) is 0 Å². The minimum absolute atomic E-state index is 0.0387. The van der Waals surface area contributed by atoms with Crippen molar-refractivity contribution in [3.8, 4) is 0 Å². The molecule has 1 aliphatic carbocycles. The molecule has 1 rings (SSSR count). The Balaban J connectivity index is 2.69. The minimum atomic E-state index is -0.828. The molecule has 16 heavy (non-hydrogen) atoms. The van der Waals surface area contributed by atoms with Crippen molar-refractivity contribution >= 4 is 11.9 Å². The molecule has 0 aromatic rings. The van der Waals surface area contributed by atoms with Gasteiger partial charge in [-0.15, -0.1) is 0 Å². The molecule has 0 spiro atoms. The van der Waals surface area contributed by atoms with Crippen molar-refractivity contribution in [1.29, 1.82) is 0 Å². The standard InChI is InChI=1S/C12H21NO3/c1-9(2)11(16)13-12(8-10(14)15)6-4-3-5-7-12/h9H,3-8H2,1-2H3,(H,13,16)(H,14,15). The van der Waals surface area contributed by atoms with Crippen LogP contribution >= 0.6 is 0 Å². The smallest absolute Gasteiger partial charge is 0.305 e. The Hall–Kier alpha value is -1.06. The molecule has 0 heterocycles. The Kier molecular flexibility index (Phi) is 4.33. The van der Waals surface area contributed by atoms with Crippen LogP contribution in [-0.4, -0.2) is 22.5 Å². The monoisotopic (exact) mass is 227 g/mol. The fraction of sp³-hybridized carbons (Fsp3) is 0.833. The maximum Gasteiger partial charge on any atom is 0.305 e. The Bertz CT molecular complexity index is 267. The first-order valence-corrected chi connectivity index (χ1v) is 5.99. The third-order valence-electron chi connectivity index (χ3n) is 3.21. The second-order valence-electron chi connectivity index (χ2n) is 5.06. The number of rotatable bonds is 4. The van der Waals surface area contributed by atoms with Crippen LogP contribution in [0, 0.1) is 5.92 Å². The summed E-state index contributed by atoms with van der Waals surface area (Å²) in [6, 6.07) is 0. The first kappa shape index (κ1) is 13.0. The highest BCUT2D eigenvalue weighted by atomic mass is 16.4. The number of aliphatic carboxylic acids is 1. The van der Waals surface area contributed by atoms with Gasteiger partial charge in [0, 0.05) is 5.92 Å². The van der Waals surface area contributed by atoms with E-state index in [2.05, 4.69) is 5.32 Å². The lowest BCUT2D eigenvalue weighted by Crippen LogP contribution is -2.52. The van der Waals surface area contributed by atoms with Crippen molar-refractivity contribution in [2.45, 2.75) is 57.9 Å². The average Bonchev–Trinajstić information content (AvgIpc) is 2.17. The van der Waals surface area contributed by atoms with Gasteiger partial charge in [-0.25, -0.2) is 0 Å². The zero-order chi connectivity index (χ0) is 12.2. The Morgan fingerprint density at radius 2 is 1.81 bits per heavy atom. The number of amides is 1. The van der Waals surface area contributed by atoms with Crippen LogP contribution in [0.1, 0.15) is 52.4 Å². The van der Waals surface area contributed by atoms with Crippen LogP contribution in [0.25, 0.3) is 0 Å². The normalized spacial score (nSPS) is 19.4. The molecular formula is C12H21NO3. The number of carbonyl (C=O) groups is 2. The van der Waals surface area contributed by atoms with Crippen molar-refractivity contribution in [3.05, 3.63) is 0 Å². The third kappa shape index (κ3) is 3.51. The van der Waals surface area contributed by atoms with Crippen LogP contribution in [0.15, 0.2) is 0 Å². The van der Waals surface area contributed by atoms with Crippen molar-refractivity contribution in [2.24, 2.45) is 5.92 Å². The number of hydrogen-bond acceptors (Lipinski definition) is 2. The van der Waals surface area contributed by atoms with Gasteiger partial charge in [0.2, 0.25) is 5.91 Å². The Morgan fingerprint density at radius 3 is 2.25 bits per heavy atom. The van der Waals surface area contributed by atoms with Gasteiger partial charge in [0.15, 0.2) is 0 Å². The zero-order valence-electron chi connectivity index (χ0n) is 10.1. The van der Waals surface area contributed by atoms with Crippen LogP contribution in [-0.2, 0) is 9.59 Å². The summed E-state index contributed by atoms with van der Waals surface area (Å²) < 4.78 is 0. The highest BCUT2D eigenvalue weighted by molar-refractivity contribution is 5.80. The van der Waals surface area contributed by atoms with Crippen LogP contribution in [0.4, 0.5) is 0 Å². The third-order valence-corrected chi connectivity index (χ3v) is 3.21. The summed E-state index contributed by atoms with van der Waals surface area (Å²) in [5.74, 6) is -0.957. The van der Waals surface area contributed by atoms with Gasteiger partial charge in [-0.05, 0) is 12.8 Å². The number of carboxylic acids is 1. The van der Waals surface area contributed by atoms with E-state index in [9.17, 15) is 9.59 Å². The molecular weight excluding hydrogens is 206 g/mol. The van der Waals surface area contributed by atoms with E-state index >= 15 is 0 Å². The molecule has 0 bridgehead atoms. The zero-order valence-corrected chi connectivity index (χ0v) is 10.1. The average molecular weight is 227 g/mol. The van der Waals surface area contributed by atoms with E-state index in [1.807, 2.05) is 13.8 Å². The van der Waals surface area contributed by atoms with Gasteiger partial charge in [0.05, 0.1) is 12.0 Å². The summed E-state index contributed by atoms with van der Waals surface area (Å²) in [5, 5.41) is 11.9. The van der Waals surface area contributed by atoms with Crippen LogP contribution in [0.3, 0.4) is 0 Å². The van der Waals surface area contributed by atoms with Gasteiger partial charge < -0.3 is 10.4 Å². The van der Waals surface area contributed by atoms with Crippen LogP contribution in [0.5, 0.6) is 0 Å². The Morgan fingerprint density at radius 1 is 1.25 bits per heavy atom. The first-order chi connectivity index (χ1) is 7.45. The lowest BCUT2D eigenvalue weighted by atomic mass is 9.79. The lowest BCUT2D eigenvalue weighted by molar-refractivity contribution is -0.139. The predicted octanol–water partition coefficient (Wildman–Crippen LogP) is 1.94. The minimum Gasteiger partial charge on any atom is -0.481 e. The summed E-state index contributed by atoms with van der Waals surface area (Å²) in [6.07, 6.45) is 4.78. The molecule has 0 aromatic carbocycles. The fourth-order valence-corrected chi connectivity index (χ4v) is 2.27. The summed E-state index contributed by atoms with van der Waals surface area (Å²) in [5.41, 5.74) is -0.495. The van der Waals surface area contributed by atoms with Crippen LogP contribution in [0.2, 0.25) is 0 Å². The quantitative estimate of drug-likeness (QED) is 0.771. The molecule has 92 valence electrons. The van der Waals surface area contributed by atoms with Gasteiger partial charge in [-0.3, -0.25) is 9.59 Å². The first-order valence-electron chi connectivity index (χ1n) is 5.99. The van der Waals surface area contributed by atoms with Crippen LogP contribution < -0.4 is 5.32 Å². The molecule has 0 atom stereocenters. The Labute approximate surface area is 96.4 Å². The van der Waals surface area contributed by atoms with Crippen molar-refractivity contribution in [3.63, 3.8) is 0 Å². The second kappa shape index (κ2) is 5.32. The maximum atomic E-state index is 11.7. The van der Waals surface area contributed by atoms with E-state index < -0.39 is 11.5 Å². The fourth-order valence-electron chi connectivity index (χ4n) is 2.27. The van der Waals surface area contributed by atoms with Gasteiger partial charge in [-0.2, -0.15) is 0 Å². The molecule has 0 aromatic heterocycles. The van der Waals surface area contributed by atoms with Gasteiger partial charge >= 0.3 is 5.97 Å². The highest BCUT2D eigenvalue weighted by Crippen LogP contribution is 2.31. The molecule has 4 heteroatoms. The summed E-state index contributed by atoms with van der Waals surface area (Å²) in [7, 11) is 0. The van der Waals surface area contributed by atoms with E-state index in [0.29, 0.717) is 0 Å². The van der Waals surface area contributed by atoms with E-state index in [-0.39, 0.29) is 18.2 Å². The SMILES string of the molecule is CC(C)C(=O)NC1(CC(=O)O)CCCCC1. The second-order valence-corrected chi connectivity index (χ2v) is 5.06. The van der Waals surface area contributed by atoms with Gasteiger partial charge in [0.1, 0.15) is 0 Å². The number of carboxylic acid groups (broad SMARTS) is 1. The molecule has 4 nitrogen and oxygen atoms in total. The van der Waals surface area contributed by atoms with E-state index in [4.69, 9.17) is 5.11 Å². The highest BCUT2D eigenvalue weighted by Gasteiger charge is 2.36. The van der Waals surface area contributed by atoms with Gasteiger partial charge in [-0.1, -0.05) is 33.1 Å². The summed E-state index contributed by atoms with van der Waals surface area (Å²) >= 11 is 0. The lowest BCUT2D eigenvalue weighted by Gasteiger charge is -2.37. The number of carbonyl (C=O) groups excluding carboxylic acids is 1. The maximum absolute atomic E-state index is 11.7. The molecule has 2 N–H and O–H groups in total. The molecule has 1 amide bonds. The predicted molar refractivity (Wildman–Crippen MR) is 61.0 cm³/mol. The summed E-state index contributed by atoms with van der Waals surface area (Å²) in [6.45, 7) is 3.65.